The fourth-order valence-electron chi connectivity index (χ4n) is 5.30. The van der Waals surface area contributed by atoms with Gasteiger partial charge in [-0.2, -0.15) is 0 Å². The molecule has 0 atom stereocenters. The van der Waals surface area contributed by atoms with Crippen molar-refractivity contribution in [2.24, 2.45) is 17.8 Å². The lowest BCUT2D eigenvalue weighted by Crippen LogP contribution is -2.59. The van der Waals surface area contributed by atoms with E-state index in [1.165, 1.54) is 26.2 Å². The molecule has 21 heavy (non-hydrogen) atoms. The Balaban J connectivity index is 1.52. The minimum absolute atomic E-state index is 0.0212. The maximum atomic E-state index is 12.5. The van der Waals surface area contributed by atoms with E-state index in [1.54, 1.807) is 12.1 Å². The van der Waals surface area contributed by atoms with Crippen molar-refractivity contribution in [1.82, 2.24) is 10.3 Å². The van der Waals surface area contributed by atoms with Crippen molar-refractivity contribution in [3.05, 3.63) is 23.5 Å². The van der Waals surface area contributed by atoms with Gasteiger partial charge in [0.25, 0.3) is 5.91 Å². The number of hydrogen-bond donors (Lipinski definition) is 2. The maximum Gasteiger partial charge on any atom is 0.268 e. The molecule has 0 aromatic carbocycles. The molecule has 4 aliphatic rings. The molecule has 1 aromatic rings. The fourth-order valence-corrected chi connectivity index (χ4v) is 5.30. The van der Waals surface area contributed by atoms with Gasteiger partial charge in [-0.15, -0.1) is 0 Å². The van der Waals surface area contributed by atoms with Crippen LogP contribution in [0.2, 0.25) is 0 Å². The summed E-state index contributed by atoms with van der Waals surface area (Å²) in [4.78, 5) is 26.8. The monoisotopic (exact) mass is 286 g/mol. The van der Waals surface area contributed by atoms with E-state index in [0.717, 1.165) is 37.0 Å². The van der Waals surface area contributed by atoms with Gasteiger partial charge in [0, 0.05) is 12.5 Å². The normalized spacial score (nSPS) is 36.7. The van der Waals surface area contributed by atoms with Crippen LogP contribution < -0.4 is 5.32 Å². The number of aromatic amines is 1. The summed E-state index contributed by atoms with van der Waals surface area (Å²) in [6.45, 7) is 1.51. The number of aromatic nitrogens is 1. The second-order valence-electron chi connectivity index (χ2n) is 7.49. The van der Waals surface area contributed by atoms with E-state index in [0.29, 0.717) is 11.4 Å². The summed E-state index contributed by atoms with van der Waals surface area (Å²) in [5.41, 5.74) is 1.04. The van der Waals surface area contributed by atoms with E-state index in [9.17, 15) is 9.59 Å². The van der Waals surface area contributed by atoms with Crippen molar-refractivity contribution in [1.29, 1.82) is 0 Å². The predicted octanol–water partition coefficient (Wildman–Crippen LogP) is 2.92. The Hall–Kier alpha value is -1.58. The molecule has 2 N–H and O–H groups in total. The number of Topliss-reactive ketones (excluding diaryl/α,β-unsaturated/α-hetero) is 1. The lowest BCUT2D eigenvalue weighted by molar-refractivity contribution is -0.0167. The van der Waals surface area contributed by atoms with Crippen LogP contribution in [0.5, 0.6) is 0 Å². The zero-order valence-electron chi connectivity index (χ0n) is 12.4. The van der Waals surface area contributed by atoms with E-state index in [1.807, 2.05) is 0 Å². The number of hydrogen-bond acceptors (Lipinski definition) is 2. The molecule has 0 saturated heterocycles. The second-order valence-corrected chi connectivity index (χ2v) is 7.49. The van der Waals surface area contributed by atoms with E-state index in [4.69, 9.17) is 0 Å². The largest absolute Gasteiger partial charge is 0.348 e. The van der Waals surface area contributed by atoms with Gasteiger partial charge in [-0.1, -0.05) is 0 Å². The highest BCUT2D eigenvalue weighted by molar-refractivity contribution is 5.97. The average Bonchev–Trinajstić information content (AvgIpc) is 2.85. The predicted molar refractivity (Wildman–Crippen MR) is 79.2 cm³/mol. The number of amides is 1. The molecule has 4 aliphatic carbocycles. The van der Waals surface area contributed by atoms with Crippen molar-refractivity contribution in [3.63, 3.8) is 0 Å². The Bertz CT molecular complexity index is 566. The minimum Gasteiger partial charge on any atom is -0.348 e. The summed E-state index contributed by atoms with van der Waals surface area (Å²) in [5, 5.41) is 3.31. The smallest absolute Gasteiger partial charge is 0.268 e. The summed E-state index contributed by atoms with van der Waals surface area (Å²) < 4.78 is 0. The van der Waals surface area contributed by atoms with Crippen LogP contribution in [-0.2, 0) is 0 Å². The van der Waals surface area contributed by atoms with Crippen molar-refractivity contribution in [2.75, 3.05) is 0 Å². The third-order valence-electron chi connectivity index (χ3n) is 5.73. The number of carbonyl (C=O) groups excluding carboxylic acids is 2. The Morgan fingerprint density at radius 2 is 1.57 bits per heavy atom. The highest BCUT2D eigenvalue weighted by atomic mass is 16.2. The minimum atomic E-state index is -0.0514. The first kappa shape index (κ1) is 13.1. The van der Waals surface area contributed by atoms with Crippen LogP contribution in [0.15, 0.2) is 12.1 Å². The van der Waals surface area contributed by atoms with Crippen LogP contribution in [-0.4, -0.2) is 22.2 Å². The molecular formula is C17H22N2O2. The molecule has 0 unspecified atom stereocenters. The van der Waals surface area contributed by atoms with Gasteiger partial charge in [-0.05, 0) is 68.4 Å². The van der Waals surface area contributed by atoms with Crippen LogP contribution in [0.3, 0.4) is 0 Å². The number of rotatable bonds is 3. The van der Waals surface area contributed by atoms with Gasteiger partial charge in [-0.3, -0.25) is 9.59 Å². The van der Waals surface area contributed by atoms with E-state index < -0.39 is 0 Å². The zero-order chi connectivity index (χ0) is 14.6. The zero-order valence-corrected chi connectivity index (χ0v) is 12.4. The first-order chi connectivity index (χ1) is 10.0. The van der Waals surface area contributed by atoms with E-state index in [-0.39, 0.29) is 17.2 Å². The highest BCUT2D eigenvalue weighted by Gasteiger charge is 2.51. The summed E-state index contributed by atoms with van der Waals surface area (Å²) in [7, 11) is 0. The summed E-state index contributed by atoms with van der Waals surface area (Å²) in [6, 6.07) is 3.41. The fraction of sp³-hybridized carbons (Fsp3) is 0.647. The standard InChI is InChI=1S/C17H22N2O2/c1-10(20)14-2-3-15(18-14)16(21)19-17-7-11-4-12(8-17)6-13(5-11)9-17/h2-3,11-13,18H,4-9H2,1H3,(H,19,21). The van der Waals surface area contributed by atoms with Gasteiger partial charge in [0.05, 0.1) is 5.69 Å². The molecule has 0 spiro atoms. The van der Waals surface area contributed by atoms with Gasteiger partial charge < -0.3 is 10.3 Å². The SMILES string of the molecule is CC(=O)c1ccc(C(=O)NC23CC4CC(CC(C4)C2)C3)[nH]1. The number of nitrogens with one attached hydrogen (secondary N) is 2. The van der Waals surface area contributed by atoms with Crippen molar-refractivity contribution < 1.29 is 9.59 Å². The van der Waals surface area contributed by atoms with Crippen molar-refractivity contribution in [3.8, 4) is 0 Å². The molecular weight excluding hydrogens is 264 g/mol. The average molecular weight is 286 g/mol. The topological polar surface area (TPSA) is 62.0 Å². The molecule has 1 aromatic heterocycles. The first-order valence-corrected chi connectivity index (χ1v) is 8.05. The molecule has 4 saturated carbocycles. The van der Waals surface area contributed by atoms with Crippen LogP contribution in [0.4, 0.5) is 0 Å². The summed E-state index contributed by atoms with van der Waals surface area (Å²) >= 11 is 0. The van der Waals surface area contributed by atoms with Gasteiger partial charge in [0.1, 0.15) is 5.69 Å². The van der Waals surface area contributed by atoms with Crippen LogP contribution in [0, 0.1) is 17.8 Å². The third-order valence-corrected chi connectivity index (χ3v) is 5.73. The molecule has 112 valence electrons. The number of carbonyl (C=O) groups is 2. The molecule has 4 fully saturated rings. The van der Waals surface area contributed by atoms with E-state index in [2.05, 4.69) is 10.3 Å². The summed E-state index contributed by atoms with van der Waals surface area (Å²) in [5.74, 6) is 2.35. The molecule has 5 rings (SSSR count). The quantitative estimate of drug-likeness (QED) is 0.839. The lowest BCUT2D eigenvalue weighted by Gasteiger charge is -2.56. The Morgan fingerprint density at radius 3 is 2.05 bits per heavy atom. The first-order valence-electron chi connectivity index (χ1n) is 8.05. The molecule has 1 heterocycles. The molecule has 0 radical (unpaired) electrons. The molecule has 1 amide bonds. The van der Waals surface area contributed by atoms with Gasteiger partial charge >= 0.3 is 0 Å². The highest BCUT2D eigenvalue weighted by Crippen LogP contribution is 2.55. The van der Waals surface area contributed by atoms with Gasteiger partial charge in [0.15, 0.2) is 5.78 Å². The van der Waals surface area contributed by atoms with Crippen LogP contribution >= 0.6 is 0 Å². The van der Waals surface area contributed by atoms with Crippen LogP contribution in [0.1, 0.15) is 66.4 Å². The Morgan fingerprint density at radius 1 is 1.05 bits per heavy atom. The third kappa shape index (κ3) is 2.21. The Labute approximate surface area is 124 Å². The van der Waals surface area contributed by atoms with Gasteiger partial charge in [-0.25, -0.2) is 0 Å². The molecule has 4 bridgehead atoms. The van der Waals surface area contributed by atoms with Crippen molar-refractivity contribution >= 4 is 11.7 Å². The van der Waals surface area contributed by atoms with E-state index >= 15 is 0 Å². The molecule has 4 heteroatoms. The van der Waals surface area contributed by atoms with Crippen molar-refractivity contribution in [2.45, 2.75) is 51.0 Å². The molecule has 0 aliphatic heterocycles. The number of H-pyrrole nitrogens is 1. The number of ketones is 1. The second kappa shape index (κ2) is 4.46. The molecule has 4 nitrogen and oxygen atoms in total. The summed E-state index contributed by atoms with van der Waals surface area (Å²) in [6.07, 6.45) is 7.53. The van der Waals surface area contributed by atoms with Crippen LogP contribution in [0.25, 0.3) is 0 Å². The lowest BCUT2D eigenvalue weighted by atomic mass is 9.53. The van der Waals surface area contributed by atoms with Gasteiger partial charge in [0.2, 0.25) is 0 Å². The Kier molecular flexibility index (Phi) is 2.78. The maximum absolute atomic E-state index is 12.5.